The summed E-state index contributed by atoms with van der Waals surface area (Å²) < 4.78 is 0. The predicted octanol–water partition coefficient (Wildman–Crippen LogP) is 2.71. The van der Waals surface area contributed by atoms with E-state index in [-0.39, 0.29) is 18.9 Å². The Morgan fingerprint density at radius 1 is 0.886 bits per heavy atom. The molecule has 2 atom stereocenters. The van der Waals surface area contributed by atoms with Gasteiger partial charge < -0.3 is 21.1 Å². The maximum Gasteiger partial charge on any atom is 0.330 e. The molecule has 0 aromatic heterocycles. The minimum atomic E-state index is -1.29. The molecule has 4 rings (SSSR count). The Morgan fingerprint density at radius 3 is 2.20 bits per heavy atom. The highest BCUT2D eigenvalue weighted by Gasteiger charge is 2.32. The first kappa shape index (κ1) is 23.5. The second kappa shape index (κ2) is 10.5. The lowest BCUT2D eigenvalue weighted by Gasteiger charge is -2.31. The molecule has 4 N–H and O–H groups in total. The summed E-state index contributed by atoms with van der Waals surface area (Å²) >= 11 is 0. The molecule has 1 aliphatic rings. The Hall–Kier alpha value is -4.66. The zero-order chi connectivity index (χ0) is 24.8. The molecule has 9 heteroatoms. The highest BCUT2D eigenvalue weighted by molar-refractivity contribution is 6.10. The minimum absolute atomic E-state index is 0.126. The van der Waals surface area contributed by atoms with E-state index >= 15 is 0 Å². The molecular weight excluding hydrogens is 448 g/mol. The van der Waals surface area contributed by atoms with Crippen LogP contribution in [0.4, 0.5) is 16.2 Å². The van der Waals surface area contributed by atoms with Gasteiger partial charge in [-0.15, -0.1) is 0 Å². The van der Waals surface area contributed by atoms with Crippen molar-refractivity contribution in [3.63, 3.8) is 0 Å². The third-order valence-corrected chi connectivity index (χ3v) is 5.58. The zero-order valence-corrected chi connectivity index (χ0v) is 18.7. The van der Waals surface area contributed by atoms with Gasteiger partial charge in [-0.2, -0.15) is 0 Å². The van der Waals surface area contributed by atoms with E-state index < -0.39 is 30.0 Å². The largest absolute Gasteiger partial charge is 0.479 e. The molecule has 0 aliphatic carbocycles. The van der Waals surface area contributed by atoms with Gasteiger partial charge in [0.25, 0.3) is 0 Å². The average molecular weight is 473 g/mol. The number of fused-ring (bicyclic) bond motifs is 1. The van der Waals surface area contributed by atoms with E-state index in [2.05, 4.69) is 16.0 Å². The summed E-state index contributed by atoms with van der Waals surface area (Å²) in [4.78, 5) is 51.8. The van der Waals surface area contributed by atoms with Gasteiger partial charge >= 0.3 is 12.0 Å². The Morgan fingerprint density at radius 2 is 1.51 bits per heavy atom. The van der Waals surface area contributed by atoms with E-state index in [4.69, 9.17) is 0 Å². The number of urea groups is 1. The number of benzene rings is 3. The van der Waals surface area contributed by atoms with Crippen LogP contribution in [-0.4, -0.2) is 41.5 Å². The van der Waals surface area contributed by atoms with Gasteiger partial charge in [0.15, 0.2) is 6.04 Å². The fourth-order valence-electron chi connectivity index (χ4n) is 3.88. The zero-order valence-electron chi connectivity index (χ0n) is 18.7. The third-order valence-electron chi connectivity index (χ3n) is 5.58. The van der Waals surface area contributed by atoms with Gasteiger partial charge in [0, 0.05) is 6.42 Å². The average Bonchev–Trinajstić information content (AvgIpc) is 2.87. The van der Waals surface area contributed by atoms with Gasteiger partial charge in [0.05, 0.1) is 11.4 Å². The number of carbonyl (C=O) groups excluding carboxylic acids is 3. The van der Waals surface area contributed by atoms with E-state index in [1.807, 2.05) is 18.2 Å². The highest BCUT2D eigenvalue weighted by atomic mass is 16.4. The van der Waals surface area contributed by atoms with Gasteiger partial charge in [-0.25, -0.2) is 9.59 Å². The number of nitrogens with one attached hydrogen (secondary N) is 3. The fourth-order valence-corrected chi connectivity index (χ4v) is 3.88. The number of nitrogens with zero attached hydrogens (tertiary/aromatic N) is 1. The molecule has 2 unspecified atom stereocenters. The van der Waals surface area contributed by atoms with Crippen LogP contribution in [0.2, 0.25) is 0 Å². The molecule has 35 heavy (non-hydrogen) atoms. The molecule has 0 spiro atoms. The maximum atomic E-state index is 13.3. The number of hydrogen-bond acceptors (Lipinski definition) is 4. The van der Waals surface area contributed by atoms with Gasteiger partial charge in [-0.05, 0) is 23.3 Å². The number of amides is 4. The lowest BCUT2D eigenvalue weighted by atomic mass is 10.0. The maximum absolute atomic E-state index is 13.3. The molecule has 0 fully saturated rings. The summed E-state index contributed by atoms with van der Waals surface area (Å²) in [6.07, 6.45) is 0.126. The molecule has 0 saturated carbocycles. The van der Waals surface area contributed by atoms with E-state index in [0.29, 0.717) is 16.9 Å². The molecule has 178 valence electrons. The van der Waals surface area contributed by atoms with E-state index in [0.717, 1.165) is 5.56 Å². The molecule has 0 radical (unpaired) electrons. The Labute approximate surface area is 201 Å². The number of para-hydroxylation sites is 2. The number of anilines is 2. The van der Waals surface area contributed by atoms with Crippen molar-refractivity contribution in [1.29, 1.82) is 0 Å². The van der Waals surface area contributed by atoms with Crippen molar-refractivity contribution in [3.05, 3.63) is 96.1 Å². The molecule has 0 saturated heterocycles. The van der Waals surface area contributed by atoms with Crippen molar-refractivity contribution in [1.82, 2.24) is 10.6 Å². The van der Waals surface area contributed by atoms with Crippen molar-refractivity contribution < 1.29 is 24.3 Å². The molecule has 4 amide bonds. The minimum Gasteiger partial charge on any atom is -0.479 e. The molecule has 0 bridgehead atoms. The van der Waals surface area contributed by atoms with Crippen molar-refractivity contribution in [2.45, 2.75) is 18.5 Å². The van der Waals surface area contributed by atoms with Crippen LogP contribution in [0.15, 0.2) is 84.9 Å². The second-order valence-electron chi connectivity index (χ2n) is 8.03. The summed E-state index contributed by atoms with van der Waals surface area (Å²) in [7, 11) is 0. The van der Waals surface area contributed by atoms with Crippen LogP contribution in [0.5, 0.6) is 0 Å². The van der Waals surface area contributed by atoms with Crippen molar-refractivity contribution in [2.75, 3.05) is 16.8 Å². The third kappa shape index (κ3) is 5.64. The van der Waals surface area contributed by atoms with Crippen LogP contribution in [0.1, 0.15) is 17.2 Å². The highest BCUT2D eigenvalue weighted by Crippen LogP contribution is 2.29. The quantitative estimate of drug-likeness (QED) is 0.420. The smallest absolute Gasteiger partial charge is 0.330 e. The monoisotopic (exact) mass is 472 g/mol. The lowest BCUT2D eigenvalue weighted by molar-refractivity contribution is -0.142. The molecular formula is C26H24N4O5. The van der Waals surface area contributed by atoms with Gasteiger partial charge in [-0.3, -0.25) is 14.5 Å². The number of hydrogen-bond donors (Lipinski definition) is 4. The number of aliphatic carboxylic acids is 1. The Balaban J connectivity index is 1.58. The van der Waals surface area contributed by atoms with Crippen LogP contribution in [0.3, 0.4) is 0 Å². The van der Waals surface area contributed by atoms with Crippen LogP contribution < -0.4 is 20.9 Å². The summed E-state index contributed by atoms with van der Waals surface area (Å²) in [6, 6.07) is 21.2. The second-order valence-corrected chi connectivity index (χ2v) is 8.03. The van der Waals surface area contributed by atoms with Crippen LogP contribution in [0.25, 0.3) is 0 Å². The van der Waals surface area contributed by atoms with E-state index in [1.54, 1.807) is 66.7 Å². The van der Waals surface area contributed by atoms with Gasteiger partial charge in [-0.1, -0.05) is 72.8 Å². The van der Waals surface area contributed by atoms with Crippen LogP contribution in [0, 0.1) is 0 Å². The number of carboxylic acid groups (broad SMARTS) is 1. The molecule has 1 aliphatic heterocycles. The first-order chi connectivity index (χ1) is 16.9. The number of carbonyl (C=O) groups is 4. The van der Waals surface area contributed by atoms with Crippen molar-refractivity contribution >= 4 is 35.2 Å². The fraction of sp³-hybridized carbons (Fsp3) is 0.154. The van der Waals surface area contributed by atoms with Crippen molar-refractivity contribution in [2.24, 2.45) is 0 Å². The topological polar surface area (TPSA) is 128 Å². The van der Waals surface area contributed by atoms with Gasteiger partial charge in [0.1, 0.15) is 12.6 Å². The lowest BCUT2D eigenvalue weighted by Crippen LogP contribution is -2.55. The van der Waals surface area contributed by atoms with E-state index in [9.17, 15) is 24.3 Å². The van der Waals surface area contributed by atoms with Gasteiger partial charge in [0.2, 0.25) is 11.8 Å². The summed E-state index contributed by atoms with van der Waals surface area (Å²) in [6.45, 7) is -0.218. The molecule has 9 nitrogen and oxygen atoms in total. The Kier molecular flexibility index (Phi) is 7.06. The van der Waals surface area contributed by atoms with Crippen molar-refractivity contribution in [3.8, 4) is 0 Å². The van der Waals surface area contributed by atoms with Crippen LogP contribution >= 0.6 is 0 Å². The number of rotatable bonds is 7. The Bertz CT molecular complexity index is 1230. The molecule has 3 aromatic rings. The standard InChI is InChI=1S/C26H24N4O5/c31-22-16-30(21-14-8-7-13-19(21)27-22)26(35)28-20(15-17-9-3-1-4-10-17)24(32)29-23(25(33)34)18-11-5-2-6-12-18/h1-14,20,23H,15-16H2,(H,27,31)(H,28,35)(H,29,32)(H,33,34). The first-order valence-electron chi connectivity index (χ1n) is 11.0. The first-order valence-corrected chi connectivity index (χ1v) is 11.0. The predicted molar refractivity (Wildman–Crippen MR) is 130 cm³/mol. The summed E-state index contributed by atoms with van der Waals surface area (Å²) in [5.74, 6) is -2.25. The normalized spacial score (nSPS) is 14.2. The molecule has 3 aromatic carbocycles. The summed E-state index contributed by atoms with van der Waals surface area (Å²) in [5, 5.41) is 17.7. The van der Waals surface area contributed by atoms with Crippen LogP contribution in [-0.2, 0) is 20.8 Å². The number of carboxylic acids is 1. The molecule has 1 heterocycles. The van der Waals surface area contributed by atoms with E-state index in [1.165, 1.54) is 4.90 Å². The SMILES string of the molecule is O=C1CN(C(=O)NC(Cc2ccccc2)C(=O)NC(C(=O)O)c2ccccc2)c2ccccc2N1. The summed E-state index contributed by atoms with van der Waals surface area (Å²) in [5.41, 5.74) is 2.16.